The number of hydrogen-bond donors (Lipinski definition) is 0. The van der Waals surface area contributed by atoms with Crippen LogP contribution in [0.4, 0.5) is 0 Å². The van der Waals surface area contributed by atoms with E-state index in [4.69, 9.17) is 28.4 Å². The summed E-state index contributed by atoms with van der Waals surface area (Å²) in [6.07, 6.45) is -4.93. The van der Waals surface area contributed by atoms with Gasteiger partial charge in [0.15, 0.2) is 18.0 Å². The van der Waals surface area contributed by atoms with Crippen LogP contribution in [0.5, 0.6) is 5.75 Å². The summed E-state index contributed by atoms with van der Waals surface area (Å²) in [6.45, 7) is 4.27. The third-order valence-electron chi connectivity index (χ3n) is 4.93. The number of ether oxygens (including phenoxy) is 6. The Morgan fingerprint density at radius 2 is 1.50 bits per heavy atom. The van der Waals surface area contributed by atoms with E-state index in [-0.39, 0.29) is 12.4 Å². The molecule has 0 amide bonds. The number of halogens is 2. The normalized spacial score (nSPS) is 23.4. The maximum atomic E-state index is 12.0. The van der Waals surface area contributed by atoms with Crippen LogP contribution >= 0.6 is 31.9 Å². The summed E-state index contributed by atoms with van der Waals surface area (Å²) in [5.74, 6) is -2.56. The zero-order valence-corrected chi connectivity index (χ0v) is 22.9. The molecule has 1 fully saturated rings. The Morgan fingerprint density at radius 3 is 2.11 bits per heavy atom. The molecular weight excluding hydrogens is 610 g/mol. The highest BCUT2D eigenvalue weighted by Crippen LogP contribution is 2.40. The molecule has 1 aromatic carbocycles. The first kappa shape index (κ1) is 27.8. The fourth-order valence-corrected chi connectivity index (χ4v) is 5.02. The van der Waals surface area contributed by atoms with Gasteiger partial charge in [0.1, 0.15) is 18.2 Å². The van der Waals surface area contributed by atoms with Crippen molar-refractivity contribution in [3.05, 3.63) is 33.3 Å². The number of hydrogen-bond acceptors (Lipinski definition) is 11. The largest absolute Gasteiger partial charge is 0.463 e. The second-order valence-corrected chi connectivity index (χ2v) is 9.46. The monoisotopic (exact) mass is 631 g/mol. The standard InChI is InChI=1S/C23H23Br2NO10/c1-10(27)31-9-17-20(32-11(2)28)21(33-12(3)29)22(34-13(4)30)23(35-17)36-19-16(25)8-15(24)14-6-5-7-26-18(14)19/h5-8,17,20-23H,9H2,1-4H3/t17-,20-,21+,22-,23?/m1/s1. The lowest BCUT2D eigenvalue weighted by atomic mass is 9.98. The molecule has 5 atom stereocenters. The van der Waals surface area contributed by atoms with Gasteiger partial charge in [0, 0.05) is 43.8 Å². The van der Waals surface area contributed by atoms with E-state index >= 15 is 0 Å². The Morgan fingerprint density at radius 1 is 0.889 bits per heavy atom. The summed E-state index contributed by atoms with van der Waals surface area (Å²) >= 11 is 6.93. The van der Waals surface area contributed by atoms with Crippen molar-refractivity contribution in [2.45, 2.75) is 58.4 Å². The summed E-state index contributed by atoms with van der Waals surface area (Å²) in [5, 5.41) is 0.723. The predicted molar refractivity (Wildman–Crippen MR) is 130 cm³/mol. The lowest BCUT2D eigenvalue weighted by Gasteiger charge is -2.44. The number of esters is 4. The average molecular weight is 633 g/mol. The van der Waals surface area contributed by atoms with Crippen LogP contribution in [0.1, 0.15) is 27.7 Å². The van der Waals surface area contributed by atoms with E-state index in [1.54, 1.807) is 18.3 Å². The molecule has 36 heavy (non-hydrogen) atoms. The molecule has 1 aromatic heterocycles. The molecule has 2 aromatic rings. The summed E-state index contributed by atoms with van der Waals surface area (Å²) in [6, 6.07) is 5.31. The molecule has 0 N–H and O–H groups in total. The molecule has 0 bridgehead atoms. The SMILES string of the molecule is CC(=O)OC[C@H]1OC(Oc2c(Br)cc(Br)c3cccnc23)[C@H](OC(C)=O)[C@@H](OC(C)=O)[C@@H]1OC(C)=O. The summed E-state index contributed by atoms with van der Waals surface area (Å²) in [5.41, 5.74) is 0.451. The first-order valence-electron chi connectivity index (χ1n) is 10.7. The van der Waals surface area contributed by atoms with Crippen molar-refractivity contribution < 1.29 is 47.6 Å². The van der Waals surface area contributed by atoms with Crippen LogP contribution in [0.2, 0.25) is 0 Å². The summed E-state index contributed by atoms with van der Waals surface area (Å²) < 4.78 is 34.7. The first-order valence-corrected chi connectivity index (χ1v) is 12.3. The molecule has 194 valence electrons. The van der Waals surface area contributed by atoms with E-state index in [1.807, 2.05) is 6.07 Å². The molecule has 1 aliphatic rings. The highest BCUT2D eigenvalue weighted by Gasteiger charge is 2.53. The van der Waals surface area contributed by atoms with E-state index in [2.05, 4.69) is 36.8 Å². The molecule has 11 nitrogen and oxygen atoms in total. The van der Waals surface area contributed by atoms with Gasteiger partial charge >= 0.3 is 23.9 Å². The number of fused-ring (bicyclic) bond motifs is 1. The van der Waals surface area contributed by atoms with Gasteiger partial charge in [-0.2, -0.15) is 0 Å². The molecule has 1 unspecified atom stereocenters. The van der Waals surface area contributed by atoms with Gasteiger partial charge in [-0.3, -0.25) is 24.2 Å². The smallest absolute Gasteiger partial charge is 0.303 e. The molecule has 0 spiro atoms. The van der Waals surface area contributed by atoms with Crippen LogP contribution in [0.3, 0.4) is 0 Å². The van der Waals surface area contributed by atoms with Gasteiger partial charge < -0.3 is 28.4 Å². The summed E-state index contributed by atoms with van der Waals surface area (Å²) in [7, 11) is 0. The topological polar surface area (TPSA) is 137 Å². The van der Waals surface area contributed by atoms with Crippen LogP contribution in [0.25, 0.3) is 10.9 Å². The van der Waals surface area contributed by atoms with Crippen LogP contribution in [-0.4, -0.2) is 66.2 Å². The number of nitrogens with zero attached hydrogens (tertiary/aromatic N) is 1. The van der Waals surface area contributed by atoms with E-state index < -0.39 is 54.6 Å². The quantitative estimate of drug-likeness (QED) is 0.329. The molecule has 1 aliphatic heterocycles. The second-order valence-electron chi connectivity index (χ2n) is 7.75. The van der Waals surface area contributed by atoms with E-state index in [9.17, 15) is 19.2 Å². The van der Waals surface area contributed by atoms with Crippen molar-refractivity contribution in [3.63, 3.8) is 0 Å². The highest BCUT2D eigenvalue weighted by molar-refractivity contribution is 9.11. The number of carbonyl (C=O) groups is 4. The number of carbonyl (C=O) groups excluding carboxylic acids is 4. The molecule has 0 saturated carbocycles. The van der Waals surface area contributed by atoms with Gasteiger partial charge in [0.25, 0.3) is 0 Å². The second kappa shape index (κ2) is 12.0. The fraction of sp³-hybridized carbons (Fsp3) is 0.435. The van der Waals surface area contributed by atoms with Crippen molar-refractivity contribution in [1.82, 2.24) is 4.98 Å². The zero-order chi connectivity index (χ0) is 26.6. The zero-order valence-electron chi connectivity index (χ0n) is 19.7. The molecule has 0 aliphatic carbocycles. The van der Waals surface area contributed by atoms with Gasteiger partial charge in [0.05, 0.1) is 4.47 Å². The Balaban J connectivity index is 2.10. The molecule has 3 rings (SSSR count). The Bertz CT molecular complexity index is 1170. The fourth-order valence-electron chi connectivity index (χ4n) is 3.66. The Labute approximate surface area is 222 Å². The molecule has 13 heteroatoms. The van der Waals surface area contributed by atoms with E-state index in [0.29, 0.717) is 9.99 Å². The third-order valence-corrected chi connectivity index (χ3v) is 6.18. The lowest BCUT2D eigenvalue weighted by Crippen LogP contribution is -2.63. The highest BCUT2D eigenvalue weighted by atomic mass is 79.9. The predicted octanol–water partition coefficient (Wildman–Crippen LogP) is 3.22. The van der Waals surface area contributed by atoms with Gasteiger partial charge in [0.2, 0.25) is 12.4 Å². The van der Waals surface area contributed by atoms with Crippen LogP contribution in [0, 0.1) is 0 Å². The third kappa shape index (κ3) is 6.71. The van der Waals surface area contributed by atoms with Crippen molar-refractivity contribution >= 4 is 66.6 Å². The molecule has 1 saturated heterocycles. The van der Waals surface area contributed by atoms with Gasteiger partial charge in [-0.05, 0) is 28.1 Å². The van der Waals surface area contributed by atoms with Crippen molar-refractivity contribution in [3.8, 4) is 5.75 Å². The van der Waals surface area contributed by atoms with E-state index in [1.165, 1.54) is 6.92 Å². The maximum Gasteiger partial charge on any atom is 0.303 e. The molecule has 2 heterocycles. The number of rotatable bonds is 7. The minimum atomic E-state index is -1.38. The minimum absolute atomic E-state index is 0.245. The molecular formula is C23H23Br2NO10. The first-order chi connectivity index (χ1) is 17.0. The number of pyridine rings is 1. The van der Waals surface area contributed by atoms with Crippen molar-refractivity contribution in [2.75, 3.05) is 6.61 Å². The molecule has 0 radical (unpaired) electrons. The van der Waals surface area contributed by atoms with Crippen LogP contribution in [-0.2, 0) is 42.9 Å². The van der Waals surface area contributed by atoms with Crippen molar-refractivity contribution in [2.24, 2.45) is 0 Å². The van der Waals surface area contributed by atoms with Gasteiger partial charge in [-0.25, -0.2) is 0 Å². The average Bonchev–Trinajstić information content (AvgIpc) is 2.78. The maximum absolute atomic E-state index is 12.0. The van der Waals surface area contributed by atoms with Gasteiger partial charge in [-0.1, -0.05) is 22.0 Å². The lowest BCUT2D eigenvalue weighted by molar-refractivity contribution is -0.288. The van der Waals surface area contributed by atoms with E-state index in [0.717, 1.165) is 30.6 Å². The number of aromatic nitrogens is 1. The van der Waals surface area contributed by atoms with Crippen molar-refractivity contribution in [1.29, 1.82) is 0 Å². The Kier molecular flexibility index (Phi) is 9.25. The van der Waals surface area contributed by atoms with Gasteiger partial charge in [-0.15, -0.1) is 0 Å². The minimum Gasteiger partial charge on any atom is -0.463 e. The number of benzene rings is 1. The summed E-state index contributed by atoms with van der Waals surface area (Å²) in [4.78, 5) is 51.7. The van der Waals surface area contributed by atoms with Crippen LogP contribution in [0.15, 0.2) is 33.3 Å². The Hall–Kier alpha value is -2.77. The van der Waals surface area contributed by atoms with Crippen LogP contribution < -0.4 is 4.74 Å².